The van der Waals surface area contributed by atoms with Gasteiger partial charge in [-0.25, -0.2) is 0 Å². The van der Waals surface area contributed by atoms with Gasteiger partial charge in [-0.15, -0.1) is 0 Å². The van der Waals surface area contributed by atoms with Crippen LogP contribution in [0.1, 0.15) is 43.5 Å². The highest BCUT2D eigenvalue weighted by Crippen LogP contribution is 2.30. The number of hydrogen-bond acceptors (Lipinski definition) is 4. The lowest BCUT2D eigenvalue weighted by molar-refractivity contribution is -0.134. The van der Waals surface area contributed by atoms with Gasteiger partial charge >= 0.3 is 0 Å². The van der Waals surface area contributed by atoms with Gasteiger partial charge in [0.2, 0.25) is 0 Å². The molecule has 2 amide bonds. The monoisotopic (exact) mass is 410 g/mol. The van der Waals surface area contributed by atoms with Gasteiger partial charge in [0, 0.05) is 30.9 Å². The number of piperidine rings is 1. The number of amides is 2. The molecule has 0 aromatic heterocycles. The highest BCUT2D eigenvalue weighted by Gasteiger charge is 2.20. The number of para-hydroxylation sites is 1. The minimum absolute atomic E-state index is 0.0152. The Bertz CT molecular complexity index is 848. The molecule has 0 bridgehead atoms. The number of rotatable bonds is 8. The molecule has 1 aliphatic rings. The van der Waals surface area contributed by atoms with Crippen LogP contribution in [0.3, 0.4) is 0 Å². The molecular formula is C24H30N2O4. The van der Waals surface area contributed by atoms with Crippen LogP contribution in [-0.4, -0.2) is 49.6 Å². The molecule has 0 atom stereocenters. The largest absolute Gasteiger partial charge is 0.490 e. The molecule has 0 spiro atoms. The Hall–Kier alpha value is -3.02. The van der Waals surface area contributed by atoms with Gasteiger partial charge in [0.1, 0.15) is 0 Å². The smallest absolute Gasteiger partial charge is 0.260 e. The lowest BCUT2D eigenvalue weighted by Crippen LogP contribution is -2.38. The fourth-order valence-electron chi connectivity index (χ4n) is 3.61. The first-order chi connectivity index (χ1) is 14.6. The highest BCUT2D eigenvalue weighted by molar-refractivity contribution is 6.06. The average molecular weight is 411 g/mol. The van der Waals surface area contributed by atoms with Gasteiger partial charge in [-0.3, -0.25) is 9.59 Å². The topological polar surface area (TPSA) is 59.1 Å². The van der Waals surface area contributed by atoms with Crippen molar-refractivity contribution in [3.63, 3.8) is 0 Å². The summed E-state index contributed by atoms with van der Waals surface area (Å²) in [7, 11) is 0. The van der Waals surface area contributed by atoms with E-state index < -0.39 is 0 Å². The second-order valence-corrected chi connectivity index (χ2v) is 7.21. The van der Waals surface area contributed by atoms with Crippen molar-refractivity contribution in [1.82, 2.24) is 4.90 Å². The molecule has 1 aliphatic heterocycles. The van der Waals surface area contributed by atoms with Gasteiger partial charge in [-0.05, 0) is 63.4 Å². The van der Waals surface area contributed by atoms with E-state index in [2.05, 4.69) is 0 Å². The number of carbonyl (C=O) groups excluding carboxylic acids is 2. The van der Waals surface area contributed by atoms with E-state index in [1.54, 1.807) is 23.1 Å². The quantitative estimate of drug-likeness (QED) is 0.656. The summed E-state index contributed by atoms with van der Waals surface area (Å²) in [5, 5.41) is 0. The van der Waals surface area contributed by atoms with Crippen LogP contribution in [0.4, 0.5) is 5.69 Å². The SMILES string of the molecule is CCOc1cc(C(=O)N(CC)c2ccccc2)ccc1OCC(=O)N1CCCCC1. The van der Waals surface area contributed by atoms with E-state index in [1.165, 1.54) is 6.42 Å². The molecule has 0 radical (unpaired) electrons. The third-order valence-electron chi connectivity index (χ3n) is 5.18. The van der Waals surface area contributed by atoms with Crippen LogP contribution in [0.25, 0.3) is 0 Å². The molecule has 1 heterocycles. The Morgan fingerprint density at radius 3 is 2.33 bits per heavy atom. The predicted molar refractivity (Wildman–Crippen MR) is 117 cm³/mol. The maximum Gasteiger partial charge on any atom is 0.260 e. The van der Waals surface area contributed by atoms with Crippen LogP contribution in [0.15, 0.2) is 48.5 Å². The molecule has 160 valence electrons. The van der Waals surface area contributed by atoms with Gasteiger partial charge in [0.05, 0.1) is 6.61 Å². The molecule has 0 saturated carbocycles. The van der Waals surface area contributed by atoms with Gasteiger partial charge in [-0.1, -0.05) is 18.2 Å². The Labute approximate surface area is 178 Å². The molecule has 6 nitrogen and oxygen atoms in total. The van der Waals surface area contributed by atoms with Crippen LogP contribution in [0.2, 0.25) is 0 Å². The van der Waals surface area contributed by atoms with E-state index in [0.717, 1.165) is 31.6 Å². The van der Waals surface area contributed by atoms with E-state index >= 15 is 0 Å². The number of nitrogens with zero attached hydrogens (tertiary/aromatic N) is 2. The zero-order chi connectivity index (χ0) is 21.3. The van der Waals surface area contributed by atoms with Crippen LogP contribution >= 0.6 is 0 Å². The number of ether oxygens (including phenoxy) is 2. The molecular weight excluding hydrogens is 380 g/mol. The Balaban J connectivity index is 1.73. The lowest BCUT2D eigenvalue weighted by atomic mass is 10.1. The maximum absolute atomic E-state index is 13.1. The summed E-state index contributed by atoms with van der Waals surface area (Å²) in [6.45, 7) is 6.36. The van der Waals surface area contributed by atoms with Crippen LogP contribution in [0.5, 0.6) is 11.5 Å². The molecule has 6 heteroatoms. The van der Waals surface area contributed by atoms with Crippen LogP contribution < -0.4 is 14.4 Å². The molecule has 0 N–H and O–H groups in total. The summed E-state index contributed by atoms with van der Waals surface area (Å²) < 4.78 is 11.5. The molecule has 0 unspecified atom stereocenters. The second-order valence-electron chi connectivity index (χ2n) is 7.21. The van der Waals surface area contributed by atoms with E-state index in [1.807, 2.05) is 49.1 Å². The Morgan fingerprint density at radius 1 is 0.933 bits per heavy atom. The van der Waals surface area contributed by atoms with Crippen molar-refractivity contribution in [2.45, 2.75) is 33.1 Å². The molecule has 2 aromatic rings. The summed E-state index contributed by atoms with van der Waals surface area (Å²) in [6.07, 6.45) is 3.26. The van der Waals surface area contributed by atoms with Crippen molar-refractivity contribution >= 4 is 17.5 Å². The molecule has 1 fully saturated rings. The first-order valence-electron chi connectivity index (χ1n) is 10.7. The summed E-state index contributed by atoms with van der Waals surface area (Å²) in [5.74, 6) is 0.819. The predicted octanol–water partition coefficient (Wildman–Crippen LogP) is 4.14. The fourth-order valence-corrected chi connectivity index (χ4v) is 3.61. The zero-order valence-corrected chi connectivity index (χ0v) is 17.8. The van der Waals surface area contributed by atoms with Crippen molar-refractivity contribution in [2.75, 3.05) is 37.7 Å². The standard InChI is InChI=1S/C24H30N2O4/c1-3-26(20-11-7-5-8-12-20)24(28)19-13-14-21(22(17-19)29-4-2)30-18-23(27)25-15-9-6-10-16-25/h5,7-8,11-14,17H,3-4,6,9-10,15-16,18H2,1-2H3. The molecule has 2 aromatic carbocycles. The van der Waals surface area contributed by atoms with Gasteiger partial charge in [0.15, 0.2) is 18.1 Å². The average Bonchev–Trinajstić information content (AvgIpc) is 2.80. The number of carbonyl (C=O) groups is 2. The van der Waals surface area contributed by atoms with Gasteiger partial charge < -0.3 is 19.3 Å². The summed E-state index contributed by atoms with van der Waals surface area (Å²) >= 11 is 0. The van der Waals surface area contributed by atoms with Crippen LogP contribution in [-0.2, 0) is 4.79 Å². The van der Waals surface area contributed by atoms with E-state index in [-0.39, 0.29) is 18.4 Å². The number of anilines is 1. The van der Waals surface area contributed by atoms with Gasteiger partial charge in [0.25, 0.3) is 11.8 Å². The summed E-state index contributed by atoms with van der Waals surface area (Å²) in [5.41, 5.74) is 1.36. The zero-order valence-electron chi connectivity index (χ0n) is 17.8. The van der Waals surface area contributed by atoms with E-state index in [0.29, 0.717) is 30.2 Å². The summed E-state index contributed by atoms with van der Waals surface area (Å²) in [4.78, 5) is 29.0. The van der Waals surface area contributed by atoms with E-state index in [9.17, 15) is 9.59 Å². The fraction of sp³-hybridized carbons (Fsp3) is 0.417. The molecule has 0 aliphatic carbocycles. The highest BCUT2D eigenvalue weighted by atomic mass is 16.5. The van der Waals surface area contributed by atoms with Crippen LogP contribution in [0, 0.1) is 0 Å². The third kappa shape index (κ3) is 5.32. The number of benzene rings is 2. The minimum atomic E-state index is -0.111. The molecule has 30 heavy (non-hydrogen) atoms. The molecule has 3 rings (SSSR count). The van der Waals surface area contributed by atoms with Crippen molar-refractivity contribution in [3.8, 4) is 11.5 Å². The van der Waals surface area contributed by atoms with Crippen molar-refractivity contribution in [1.29, 1.82) is 0 Å². The lowest BCUT2D eigenvalue weighted by Gasteiger charge is -2.26. The van der Waals surface area contributed by atoms with Crippen molar-refractivity contribution in [2.24, 2.45) is 0 Å². The van der Waals surface area contributed by atoms with Crippen molar-refractivity contribution < 1.29 is 19.1 Å². The number of likely N-dealkylation sites (tertiary alicyclic amines) is 1. The van der Waals surface area contributed by atoms with Crippen molar-refractivity contribution in [3.05, 3.63) is 54.1 Å². The summed E-state index contributed by atoms with van der Waals surface area (Å²) in [6, 6.07) is 14.7. The normalized spacial score (nSPS) is 13.6. The Kier molecular flexibility index (Phi) is 7.71. The first kappa shape index (κ1) is 21.7. The Morgan fingerprint density at radius 2 is 1.67 bits per heavy atom. The van der Waals surface area contributed by atoms with Gasteiger partial charge in [-0.2, -0.15) is 0 Å². The minimum Gasteiger partial charge on any atom is -0.490 e. The first-order valence-corrected chi connectivity index (χ1v) is 10.7. The maximum atomic E-state index is 13.1. The second kappa shape index (κ2) is 10.7. The third-order valence-corrected chi connectivity index (χ3v) is 5.18. The molecule has 1 saturated heterocycles. The van der Waals surface area contributed by atoms with E-state index in [4.69, 9.17) is 9.47 Å². The number of hydrogen-bond donors (Lipinski definition) is 0.